The van der Waals surface area contributed by atoms with Crippen molar-refractivity contribution in [2.75, 3.05) is 38.2 Å². The molecule has 2 atom stereocenters. The summed E-state index contributed by atoms with van der Waals surface area (Å²) in [6.45, 7) is 6.05. The monoisotopic (exact) mass is 348 g/mol. The van der Waals surface area contributed by atoms with Crippen LogP contribution in [0, 0.1) is 0 Å². The fourth-order valence-corrected chi connectivity index (χ4v) is 5.01. The molecule has 0 saturated carbocycles. The molecule has 8 nitrogen and oxygen atoms in total. The maximum Gasteiger partial charge on any atom is 0.410 e. The van der Waals surface area contributed by atoms with Gasteiger partial charge in [-0.25, -0.2) is 13.2 Å². The lowest BCUT2D eigenvalue weighted by Crippen LogP contribution is -2.61. The minimum absolute atomic E-state index is 0.0232. The molecule has 0 aromatic rings. The molecular formula is C14H24N2O6S. The minimum atomic E-state index is -3.26. The Morgan fingerprint density at radius 3 is 2.30 bits per heavy atom. The predicted octanol–water partition coefficient (Wildman–Crippen LogP) is -0.122. The highest BCUT2D eigenvalue weighted by Crippen LogP contribution is 2.28. The van der Waals surface area contributed by atoms with Crippen molar-refractivity contribution in [1.29, 1.82) is 0 Å². The number of rotatable bonds is 2. The lowest BCUT2D eigenvalue weighted by atomic mass is 10.1. The standard InChI is InChI=1S/C14H24N2O6S/c1-14(2,3)22-13(18)16-6-5-15(7-12(17)21-4)10-8-23(19,20)9-11(10)16/h10-11H,5-9H2,1-4H3/t10-,11+/m1/s1. The second-order valence-corrected chi connectivity index (χ2v) is 9.09. The van der Waals surface area contributed by atoms with Crippen LogP contribution in [-0.2, 0) is 24.1 Å². The van der Waals surface area contributed by atoms with Gasteiger partial charge in [-0.2, -0.15) is 0 Å². The zero-order chi connectivity index (χ0) is 17.4. The Hall–Kier alpha value is -1.35. The van der Waals surface area contributed by atoms with E-state index < -0.39 is 39.6 Å². The normalized spacial score (nSPS) is 27.4. The van der Waals surface area contributed by atoms with E-state index in [1.165, 1.54) is 12.0 Å². The molecule has 0 unspecified atom stereocenters. The Morgan fingerprint density at radius 2 is 1.74 bits per heavy atom. The topological polar surface area (TPSA) is 93.2 Å². The van der Waals surface area contributed by atoms with Gasteiger partial charge in [-0.15, -0.1) is 0 Å². The molecule has 1 amide bonds. The second kappa shape index (κ2) is 6.27. The van der Waals surface area contributed by atoms with Crippen LogP contribution in [0.2, 0.25) is 0 Å². The molecule has 0 aromatic heterocycles. The van der Waals surface area contributed by atoms with E-state index >= 15 is 0 Å². The maximum absolute atomic E-state index is 12.4. The molecule has 0 spiro atoms. The summed E-state index contributed by atoms with van der Waals surface area (Å²) in [5.74, 6) is -0.582. The van der Waals surface area contributed by atoms with Gasteiger partial charge in [0.2, 0.25) is 0 Å². The third kappa shape index (κ3) is 4.35. The zero-order valence-electron chi connectivity index (χ0n) is 13.9. The van der Waals surface area contributed by atoms with Gasteiger partial charge in [-0.1, -0.05) is 0 Å². The van der Waals surface area contributed by atoms with E-state index in [-0.39, 0.29) is 18.1 Å². The number of piperazine rings is 1. The zero-order valence-corrected chi connectivity index (χ0v) is 14.8. The van der Waals surface area contributed by atoms with E-state index in [1.807, 2.05) is 0 Å². The first kappa shape index (κ1) is 18.0. The molecule has 0 aliphatic carbocycles. The molecule has 0 aromatic carbocycles. The largest absolute Gasteiger partial charge is 0.468 e. The number of ether oxygens (including phenoxy) is 2. The molecule has 23 heavy (non-hydrogen) atoms. The Morgan fingerprint density at radius 1 is 1.13 bits per heavy atom. The van der Waals surface area contributed by atoms with Crippen LogP contribution in [0.3, 0.4) is 0 Å². The summed E-state index contributed by atoms with van der Waals surface area (Å²) in [6, 6.07) is -0.895. The molecule has 2 heterocycles. The first-order chi connectivity index (χ1) is 10.5. The van der Waals surface area contributed by atoms with Gasteiger partial charge in [0, 0.05) is 19.1 Å². The number of nitrogens with zero attached hydrogens (tertiary/aromatic N) is 2. The number of hydrogen-bond donors (Lipinski definition) is 0. The van der Waals surface area contributed by atoms with Crippen molar-refractivity contribution in [2.24, 2.45) is 0 Å². The van der Waals surface area contributed by atoms with Crippen molar-refractivity contribution in [3.05, 3.63) is 0 Å². The lowest BCUT2D eigenvalue weighted by molar-refractivity contribution is -0.143. The number of carbonyl (C=O) groups excluding carboxylic acids is 2. The van der Waals surface area contributed by atoms with Crippen molar-refractivity contribution in [1.82, 2.24) is 9.80 Å². The van der Waals surface area contributed by atoms with Crippen molar-refractivity contribution < 1.29 is 27.5 Å². The van der Waals surface area contributed by atoms with Crippen molar-refractivity contribution in [3.63, 3.8) is 0 Å². The summed E-state index contributed by atoms with van der Waals surface area (Å²) < 4.78 is 34.1. The summed E-state index contributed by atoms with van der Waals surface area (Å²) in [4.78, 5) is 27.1. The number of amides is 1. The second-order valence-electron chi connectivity index (χ2n) is 6.93. The van der Waals surface area contributed by atoms with Crippen LogP contribution >= 0.6 is 0 Å². The molecular weight excluding hydrogens is 324 g/mol. The maximum atomic E-state index is 12.4. The third-order valence-corrected chi connectivity index (χ3v) is 5.68. The fourth-order valence-electron chi connectivity index (χ4n) is 3.00. The Kier molecular flexibility index (Phi) is 4.91. The average Bonchev–Trinajstić information content (AvgIpc) is 2.72. The number of esters is 1. The quantitative estimate of drug-likeness (QED) is 0.642. The van der Waals surface area contributed by atoms with Crippen LogP contribution < -0.4 is 0 Å². The van der Waals surface area contributed by atoms with Gasteiger partial charge in [0.05, 0.1) is 31.2 Å². The third-order valence-electron chi connectivity index (χ3n) is 3.98. The predicted molar refractivity (Wildman–Crippen MR) is 82.8 cm³/mol. The van der Waals surface area contributed by atoms with Gasteiger partial charge < -0.3 is 14.4 Å². The molecule has 2 fully saturated rings. The van der Waals surface area contributed by atoms with Crippen LogP contribution in [-0.4, -0.2) is 86.2 Å². The van der Waals surface area contributed by atoms with Gasteiger partial charge in [0.25, 0.3) is 0 Å². The van der Waals surface area contributed by atoms with E-state index in [0.29, 0.717) is 13.1 Å². The number of hydrogen-bond acceptors (Lipinski definition) is 7. The van der Waals surface area contributed by atoms with E-state index in [2.05, 4.69) is 4.74 Å². The fraction of sp³-hybridized carbons (Fsp3) is 0.857. The van der Waals surface area contributed by atoms with E-state index in [1.54, 1.807) is 25.7 Å². The highest BCUT2D eigenvalue weighted by molar-refractivity contribution is 7.91. The molecule has 2 aliphatic heterocycles. The van der Waals surface area contributed by atoms with Crippen LogP contribution in [0.4, 0.5) is 4.79 Å². The van der Waals surface area contributed by atoms with E-state index in [0.717, 1.165) is 0 Å². The van der Waals surface area contributed by atoms with Gasteiger partial charge in [0.15, 0.2) is 9.84 Å². The van der Waals surface area contributed by atoms with Crippen molar-refractivity contribution in [2.45, 2.75) is 38.5 Å². The van der Waals surface area contributed by atoms with Gasteiger partial charge in [-0.05, 0) is 20.8 Å². The highest BCUT2D eigenvalue weighted by atomic mass is 32.2. The Labute approximate surface area is 136 Å². The number of fused-ring (bicyclic) bond motifs is 1. The Balaban J connectivity index is 2.18. The van der Waals surface area contributed by atoms with Gasteiger partial charge in [0.1, 0.15) is 5.60 Å². The van der Waals surface area contributed by atoms with Crippen LogP contribution in [0.5, 0.6) is 0 Å². The average molecular weight is 348 g/mol. The number of methoxy groups -OCH3 is 1. The smallest absolute Gasteiger partial charge is 0.410 e. The summed E-state index contributed by atoms with van der Waals surface area (Å²) in [5, 5.41) is 0. The van der Waals surface area contributed by atoms with E-state index in [4.69, 9.17) is 4.74 Å². The molecule has 0 radical (unpaired) electrons. The molecule has 2 aliphatic rings. The number of carbonyl (C=O) groups is 2. The van der Waals surface area contributed by atoms with Gasteiger partial charge in [-0.3, -0.25) is 9.69 Å². The highest BCUT2D eigenvalue weighted by Gasteiger charge is 2.49. The molecule has 0 N–H and O–H groups in total. The number of sulfone groups is 1. The van der Waals surface area contributed by atoms with Crippen molar-refractivity contribution >= 4 is 21.9 Å². The van der Waals surface area contributed by atoms with Crippen LogP contribution in [0.15, 0.2) is 0 Å². The van der Waals surface area contributed by atoms with Crippen LogP contribution in [0.1, 0.15) is 20.8 Å². The Bertz CT molecular complexity index is 583. The van der Waals surface area contributed by atoms with Gasteiger partial charge >= 0.3 is 12.1 Å². The molecule has 132 valence electrons. The van der Waals surface area contributed by atoms with E-state index in [9.17, 15) is 18.0 Å². The first-order valence-electron chi connectivity index (χ1n) is 7.53. The molecule has 2 rings (SSSR count). The summed E-state index contributed by atoms with van der Waals surface area (Å²) in [7, 11) is -1.96. The summed E-state index contributed by atoms with van der Waals surface area (Å²) in [6.07, 6.45) is -0.512. The van der Waals surface area contributed by atoms with Crippen LogP contribution in [0.25, 0.3) is 0 Å². The first-order valence-corrected chi connectivity index (χ1v) is 9.35. The lowest BCUT2D eigenvalue weighted by Gasteiger charge is -2.43. The minimum Gasteiger partial charge on any atom is -0.468 e. The summed E-state index contributed by atoms with van der Waals surface area (Å²) in [5.41, 5.74) is -0.646. The molecule has 9 heteroatoms. The van der Waals surface area contributed by atoms with Crippen molar-refractivity contribution in [3.8, 4) is 0 Å². The SMILES string of the molecule is COC(=O)CN1CCN(C(=O)OC(C)(C)C)[C@H]2CS(=O)(=O)C[C@H]21. The summed E-state index contributed by atoms with van der Waals surface area (Å²) >= 11 is 0. The molecule has 0 bridgehead atoms. The molecule has 2 saturated heterocycles.